The van der Waals surface area contributed by atoms with E-state index in [1.165, 1.54) is 0 Å². The van der Waals surface area contributed by atoms with E-state index in [2.05, 4.69) is 5.32 Å². The molecule has 0 bridgehead atoms. The first-order valence-electron chi connectivity index (χ1n) is 7.48. The Balaban J connectivity index is 3.24. The van der Waals surface area contributed by atoms with Gasteiger partial charge in [0.2, 0.25) is 5.91 Å². The van der Waals surface area contributed by atoms with Crippen molar-refractivity contribution in [3.8, 4) is 0 Å². The van der Waals surface area contributed by atoms with Gasteiger partial charge in [0.1, 0.15) is 0 Å². The van der Waals surface area contributed by atoms with Gasteiger partial charge in [-0.1, -0.05) is 25.7 Å². The summed E-state index contributed by atoms with van der Waals surface area (Å²) in [5.41, 5.74) is 0. The summed E-state index contributed by atoms with van der Waals surface area (Å²) in [6.45, 7) is 0.878. The summed E-state index contributed by atoms with van der Waals surface area (Å²) < 4.78 is 35.6. The van der Waals surface area contributed by atoms with E-state index in [0.29, 0.717) is 12.3 Å². The largest absolute Gasteiger partial charge is 0.396 e. The normalized spacial score (nSPS) is 11.6. The first kappa shape index (κ1) is 20.6. The van der Waals surface area contributed by atoms with E-state index < -0.39 is 12.6 Å². The molecule has 7 heteroatoms. The molecule has 2 N–H and O–H groups in total. The number of aliphatic hydroxyl groups excluding tert-OH is 1. The van der Waals surface area contributed by atoms with Gasteiger partial charge in [0.25, 0.3) is 0 Å². The second-order valence-corrected chi connectivity index (χ2v) is 6.15. The fourth-order valence-corrected chi connectivity index (χ4v) is 2.62. The summed E-state index contributed by atoms with van der Waals surface area (Å²) in [7, 11) is 0. The maximum atomic E-state index is 11.9. The lowest BCUT2D eigenvalue weighted by molar-refractivity contribution is -0.129. The van der Waals surface area contributed by atoms with Crippen LogP contribution in [0.2, 0.25) is 0 Å². The fourth-order valence-electron chi connectivity index (χ4n) is 1.71. The molecule has 0 fully saturated rings. The Labute approximate surface area is 129 Å². The molecule has 3 nitrogen and oxygen atoms in total. The molecule has 0 saturated carbocycles. The second kappa shape index (κ2) is 13.2. The quantitative estimate of drug-likeness (QED) is 0.508. The number of amides is 1. The molecule has 0 rings (SSSR count). The van der Waals surface area contributed by atoms with Crippen LogP contribution in [0.1, 0.15) is 51.4 Å². The van der Waals surface area contributed by atoms with Crippen LogP contribution in [0, 0.1) is 0 Å². The van der Waals surface area contributed by atoms with E-state index in [9.17, 15) is 18.0 Å². The van der Waals surface area contributed by atoms with Gasteiger partial charge >= 0.3 is 6.18 Å². The number of carbonyl (C=O) groups excluding carboxylic acids is 1. The minimum absolute atomic E-state index is 0.0185. The third-order valence-electron chi connectivity index (χ3n) is 2.91. The molecule has 0 atom stereocenters. The van der Waals surface area contributed by atoms with Crippen LogP contribution in [0.25, 0.3) is 0 Å². The number of aliphatic hydroxyl groups is 1. The van der Waals surface area contributed by atoms with Crippen molar-refractivity contribution in [2.24, 2.45) is 0 Å². The molecule has 0 spiro atoms. The van der Waals surface area contributed by atoms with Crippen molar-refractivity contribution in [1.29, 1.82) is 0 Å². The van der Waals surface area contributed by atoms with Crippen molar-refractivity contribution in [3.63, 3.8) is 0 Å². The SMILES string of the molecule is O=C(CCSCCC(F)(F)F)NCCCCCCCCO. The van der Waals surface area contributed by atoms with Crippen LogP contribution >= 0.6 is 11.8 Å². The molecule has 0 saturated heterocycles. The van der Waals surface area contributed by atoms with Crippen LogP contribution < -0.4 is 5.32 Å². The molecule has 0 aromatic carbocycles. The summed E-state index contributed by atoms with van der Waals surface area (Å²) >= 11 is 1.16. The summed E-state index contributed by atoms with van der Waals surface area (Å²) in [5.74, 6) is 0.364. The van der Waals surface area contributed by atoms with Crippen molar-refractivity contribution < 1.29 is 23.1 Å². The number of rotatable bonds is 13. The first-order chi connectivity index (χ1) is 9.95. The molecule has 126 valence electrons. The lowest BCUT2D eigenvalue weighted by atomic mass is 10.1. The molecule has 21 heavy (non-hydrogen) atoms. The monoisotopic (exact) mass is 329 g/mol. The predicted molar refractivity (Wildman–Crippen MR) is 80.4 cm³/mol. The summed E-state index contributed by atoms with van der Waals surface area (Å²) in [4.78, 5) is 11.4. The predicted octanol–water partition coefficient (Wildman–Crippen LogP) is 3.51. The molecule has 0 aromatic rings. The molecular formula is C14H26F3NO2S. The Kier molecular flexibility index (Phi) is 13.0. The average molecular weight is 329 g/mol. The molecule has 0 aliphatic heterocycles. The fraction of sp³-hybridized carbons (Fsp3) is 0.929. The third kappa shape index (κ3) is 17.5. The van der Waals surface area contributed by atoms with Gasteiger partial charge in [-0.2, -0.15) is 24.9 Å². The van der Waals surface area contributed by atoms with Crippen molar-refractivity contribution in [2.45, 2.75) is 57.5 Å². The molecular weight excluding hydrogens is 303 g/mol. The smallest absolute Gasteiger partial charge is 0.389 e. The molecule has 1 amide bonds. The standard InChI is InChI=1S/C14H26F3NO2S/c15-14(16,17)8-12-21-11-7-13(20)18-9-5-3-1-2-4-6-10-19/h19H,1-12H2,(H,18,20). The van der Waals surface area contributed by atoms with E-state index >= 15 is 0 Å². The zero-order valence-corrected chi connectivity index (χ0v) is 13.2. The Hall–Kier alpha value is -0.430. The number of unbranched alkanes of at least 4 members (excludes halogenated alkanes) is 5. The second-order valence-electron chi connectivity index (χ2n) is 4.92. The highest BCUT2D eigenvalue weighted by Crippen LogP contribution is 2.22. The van der Waals surface area contributed by atoms with Gasteiger partial charge in [-0.3, -0.25) is 4.79 Å². The van der Waals surface area contributed by atoms with Crippen LogP contribution in [0.15, 0.2) is 0 Å². The van der Waals surface area contributed by atoms with E-state index in [1.54, 1.807) is 0 Å². The van der Waals surface area contributed by atoms with Crippen LogP contribution in [-0.4, -0.2) is 41.8 Å². The third-order valence-corrected chi connectivity index (χ3v) is 3.90. The molecule has 0 aliphatic carbocycles. The highest BCUT2D eigenvalue weighted by atomic mass is 32.2. The maximum Gasteiger partial charge on any atom is 0.389 e. The van der Waals surface area contributed by atoms with Gasteiger partial charge in [0, 0.05) is 31.1 Å². The number of thioether (sulfide) groups is 1. The van der Waals surface area contributed by atoms with Crippen molar-refractivity contribution >= 4 is 17.7 Å². The number of halogens is 3. The lowest BCUT2D eigenvalue weighted by Gasteiger charge is -2.06. The highest BCUT2D eigenvalue weighted by molar-refractivity contribution is 7.99. The average Bonchev–Trinajstić information content (AvgIpc) is 2.40. The minimum Gasteiger partial charge on any atom is -0.396 e. The van der Waals surface area contributed by atoms with Crippen LogP contribution in [-0.2, 0) is 4.79 Å². The van der Waals surface area contributed by atoms with Gasteiger partial charge in [-0.05, 0) is 12.8 Å². The number of alkyl halides is 3. The maximum absolute atomic E-state index is 11.9. The van der Waals surface area contributed by atoms with Crippen molar-refractivity contribution in [2.75, 3.05) is 24.7 Å². The topological polar surface area (TPSA) is 49.3 Å². The first-order valence-corrected chi connectivity index (χ1v) is 8.63. The van der Waals surface area contributed by atoms with Crippen LogP contribution in [0.4, 0.5) is 13.2 Å². The van der Waals surface area contributed by atoms with Gasteiger partial charge in [-0.25, -0.2) is 0 Å². The van der Waals surface area contributed by atoms with Gasteiger partial charge in [0.05, 0.1) is 6.42 Å². The Morgan fingerprint density at radius 1 is 1.00 bits per heavy atom. The molecule has 0 unspecified atom stereocenters. The Morgan fingerprint density at radius 2 is 1.62 bits per heavy atom. The highest BCUT2D eigenvalue weighted by Gasteiger charge is 2.26. The molecule has 0 aliphatic rings. The van der Waals surface area contributed by atoms with E-state index in [1.807, 2.05) is 0 Å². The summed E-state index contributed by atoms with van der Waals surface area (Å²) in [6.07, 6.45) is 1.44. The number of carbonyl (C=O) groups is 1. The molecule has 0 radical (unpaired) electrons. The zero-order valence-electron chi connectivity index (χ0n) is 12.4. The van der Waals surface area contributed by atoms with E-state index in [4.69, 9.17) is 5.11 Å². The summed E-state index contributed by atoms with van der Waals surface area (Å²) in [6, 6.07) is 0. The van der Waals surface area contributed by atoms with Gasteiger partial charge in [-0.15, -0.1) is 0 Å². The van der Waals surface area contributed by atoms with E-state index in [-0.39, 0.29) is 24.7 Å². The Bertz CT molecular complexity index is 263. The number of hydrogen-bond donors (Lipinski definition) is 2. The van der Waals surface area contributed by atoms with Crippen molar-refractivity contribution in [3.05, 3.63) is 0 Å². The summed E-state index contributed by atoms with van der Waals surface area (Å²) in [5, 5.41) is 11.4. The number of hydrogen-bond acceptors (Lipinski definition) is 3. The zero-order chi connectivity index (χ0) is 16.0. The molecule has 0 aromatic heterocycles. The number of nitrogens with one attached hydrogen (secondary N) is 1. The van der Waals surface area contributed by atoms with Crippen LogP contribution in [0.3, 0.4) is 0 Å². The minimum atomic E-state index is -4.10. The van der Waals surface area contributed by atoms with E-state index in [0.717, 1.165) is 50.3 Å². The van der Waals surface area contributed by atoms with Crippen molar-refractivity contribution in [1.82, 2.24) is 5.32 Å². The van der Waals surface area contributed by atoms with Gasteiger partial charge < -0.3 is 10.4 Å². The lowest BCUT2D eigenvalue weighted by Crippen LogP contribution is -2.24. The van der Waals surface area contributed by atoms with Crippen LogP contribution in [0.5, 0.6) is 0 Å². The Morgan fingerprint density at radius 3 is 2.24 bits per heavy atom. The van der Waals surface area contributed by atoms with Gasteiger partial charge in [0.15, 0.2) is 0 Å². The molecule has 0 heterocycles.